The highest BCUT2D eigenvalue weighted by atomic mass is 16.7. The molecule has 1 fully saturated rings. The predicted octanol–water partition coefficient (Wildman–Crippen LogP) is 0.406. The Balaban J connectivity index is 1.58. The second-order valence-corrected chi connectivity index (χ2v) is 7.71. The number of rotatable bonds is 7. The van der Waals surface area contributed by atoms with Crippen LogP contribution in [0.1, 0.15) is 27.2 Å². The van der Waals surface area contributed by atoms with Gasteiger partial charge in [-0.1, -0.05) is 13.8 Å². The molecule has 0 bridgehead atoms. The molecule has 0 aliphatic carbocycles. The first-order chi connectivity index (χ1) is 13.8. The lowest BCUT2D eigenvalue weighted by molar-refractivity contribution is -0.131. The zero-order valence-electron chi connectivity index (χ0n) is 16.8. The quantitative estimate of drug-likeness (QED) is 0.605. The Bertz CT molecular complexity index is 796. The summed E-state index contributed by atoms with van der Waals surface area (Å²) in [5.74, 6) is -0.190. The van der Waals surface area contributed by atoms with Crippen molar-refractivity contribution in [2.45, 2.75) is 39.3 Å². The fraction of sp³-hybridized carbons (Fsp3) is 0.550. The van der Waals surface area contributed by atoms with Gasteiger partial charge in [0.1, 0.15) is 6.04 Å². The van der Waals surface area contributed by atoms with Gasteiger partial charge in [0, 0.05) is 24.7 Å². The fourth-order valence-corrected chi connectivity index (χ4v) is 3.31. The summed E-state index contributed by atoms with van der Waals surface area (Å²) in [7, 11) is 0. The summed E-state index contributed by atoms with van der Waals surface area (Å²) in [5, 5.41) is 14.7. The van der Waals surface area contributed by atoms with Gasteiger partial charge in [-0.3, -0.25) is 14.4 Å². The summed E-state index contributed by atoms with van der Waals surface area (Å²) in [6, 6.07) is 4.05. The molecule has 1 aromatic rings. The molecule has 2 heterocycles. The number of carbonyl (C=O) groups excluding carboxylic acids is 3. The van der Waals surface area contributed by atoms with Gasteiger partial charge in [-0.15, -0.1) is 0 Å². The topological polar surface area (TPSA) is 117 Å². The van der Waals surface area contributed by atoms with E-state index in [2.05, 4.69) is 10.6 Å². The predicted molar refractivity (Wildman–Crippen MR) is 104 cm³/mol. The number of ether oxygens (including phenoxy) is 2. The Morgan fingerprint density at radius 3 is 2.62 bits per heavy atom. The van der Waals surface area contributed by atoms with Crippen molar-refractivity contribution in [3.05, 3.63) is 18.2 Å². The number of benzene rings is 1. The first kappa shape index (κ1) is 20.9. The molecule has 2 aliphatic rings. The minimum Gasteiger partial charge on any atom is -0.454 e. The molecule has 3 unspecified atom stereocenters. The molecule has 3 rings (SSSR count). The third-order valence-corrected chi connectivity index (χ3v) is 5.24. The Morgan fingerprint density at radius 2 is 1.93 bits per heavy atom. The third-order valence-electron chi connectivity index (χ3n) is 5.24. The standard InChI is InChI=1S/C20H27N3O6/c1-11(2)15(9-24)22-19(26)12(3)21-20(27)13-6-18(25)23(8-13)14-4-5-16-17(7-14)29-10-28-16/h4-5,7,11-13,15,24H,6,8-10H2,1-3H3,(H,21,27)(H,22,26). The number of hydrogen-bond acceptors (Lipinski definition) is 6. The maximum atomic E-state index is 12.6. The molecule has 1 saturated heterocycles. The summed E-state index contributed by atoms with van der Waals surface area (Å²) in [5.41, 5.74) is 0.642. The van der Waals surface area contributed by atoms with Gasteiger partial charge in [0.25, 0.3) is 0 Å². The molecule has 2 aliphatic heterocycles. The van der Waals surface area contributed by atoms with Crippen LogP contribution in [0.15, 0.2) is 18.2 Å². The van der Waals surface area contributed by atoms with Gasteiger partial charge in [0.05, 0.1) is 18.6 Å². The van der Waals surface area contributed by atoms with Crippen LogP contribution in [-0.2, 0) is 14.4 Å². The van der Waals surface area contributed by atoms with E-state index in [-0.39, 0.29) is 56.0 Å². The van der Waals surface area contributed by atoms with Gasteiger partial charge in [-0.2, -0.15) is 0 Å². The molecule has 0 aromatic heterocycles. The normalized spacial score (nSPS) is 20.0. The molecule has 3 amide bonds. The monoisotopic (exact) mass is 405 g/mol. The van der Waals surface area contributed by atoms with Crippen LogP contribution in [0, 0.1) is 11.8 Å². The second kappa shape index (κ2) is 8.69. The third kappa shape index (κ3) is 4.61. The average Bonchev–Trinajstić information content (AvgIpc) is 3.31. The molecule has 0 saturated carbocycles. The van der Waals surface area contributed by atoms with Gasteiger partial charge in [0.2, 0.25) is 24.5 Å². The SMILES string of the molecule is CC(NC(=O)C1CC(=O)N(c2ccc3c(c2)OCO3)C1)C(=O)NC(CO)C(C)C. The molecule has 1 aromatic carbocycles. The molecule has 0 radical (unpaired) electrons. The van der Waals surface area contributed by atoms with E-state index in [4.69, 9.17) is 9.47 Å². The Morgan fingerprint density at radius 1 is 1.21 bits per heavy atom. The first-order valence-corrected chi connectivity index (χ1v) is 9.71. The number of nitrogens with one attached hydrogen (secondary N) is 2. The van der Waals surface area contributed by atoms with Gasteiger partial charge in [0.15, 0.2) is 11.5 Å². The van der Waals surface area contributed by atoms with Crippen LogP contribution >= 0.6 is 0 Å². The van der Waals surface area contributed by atoms with Crippen molar-refractivity contribution in [3.63, 3.8) is 0 Å². The first-order valence-electron chi connectivity index (χ1n) is 9.71. The Labute approximate surface area is 169 Å². The van der Waals surface area contributed by atoms with E-state index in [0.29, 0.717) is 17.2 Å². The number of aliphatic hydroxyl groups excluding tert-OH is 1. The lowest BCUT2D eigenvalue weighted by atomic mass is 10.0. The molecule has 158 valence electrons. The molecule has 29 heavy (non-hydrogen) atoms. The van der Waals surface area contributed by atoms with Crippen molar-refractivity contribution in [2.24, 2.45) is 11.8 Å². The Kier molecular flexibility index (Phi) is 6.26. The van der Waals surface area contributed by atoms with E-state index in [1.165, 1.54) is 4.90 Å². The van der Waals surface area contributed by atoms with Gasteiger partial charge in [-0.05, 0) is 25.0 Å². The zero-order chi connectivity index (χ0) is 21.1. The van der Waals surface area contributed by atoms with Crippen LogP contribution < -0.4 is 25.0 Å². The summed E-state index contributed by atoms with van der Waals surface area (Å²) in [4.78, 5) is 38.9. The Hall–Kier alpha value is -2.81. The summed E-state index contributed by atoms with van der Waals surface area (Å²) in [6.07, 6.45) is 0.0693. The second-order valence-electron chi connectivity index (χ2n) is 7.71. The van der Waals surface area contributed by atoms with Gasteiger partial charge < -0.3 is 30.1 Å². The number of carbonyl (C=O) groups is 3. The smallest absolute Gasteiger partial charge is 0.242 e. The average molecular weight is 405 g/mol. The highest BCUT2D eigenvalue weighted by molar-refractivity contribution is 6.01. The van der Waals surface area contributed by atoms with Crippen LogP contribution in [0.4, 0.5) is 5.69 Å². The van der Waals surface area contributed by atoms with Crippen molar-refractivity contribution in [1.82, 2.24) is 10.6 Å². The molecule has 9 heteroatoms. The number of hydrogen-bond donors (Lipinski definition) is 3. The van der Waals surface area contributed by atoms with Crippen LogP contribution in [0.3, 0.4) is 0 Å². The van der Waals surface area contributed by atoms with Crippen LogP contribution in [0.2, 0.25) is 0 Å². The highest BCUT2D eigenvalue weighted by Crippen LogP contribution is 2.37. The van der Waals surface area contributed by atoms with Crippen molar-refractivity contribution in [1.29, 1.82) is 0 Å². The summed E-state index contributed by atoms with van der Waals surface area (Å²) >= 11 is 0. The van der Waals surface area contributed by atoms with Gasteiger partial charge >= 0.3 is 0 Å². The lowest BCUT2D eigenvalue weighted by Gasteiger charge is -2.23. The minimum atomic E-state index is -0.773. The maximum absolute atomic E-state index is 12.6. The van der Waals surface area contributed by atoms with Crippen molar-refractivity contribution in [2.75, 3.05) is 24.8 Å². The van der Waals surface area contributed by atoms with E-state index in [1.54, 1.807) is 25.1 Å². The lowest BCUT2D eigenvalue weighted by Crippen LogP contribution is -2.51. The minimum absolute atomic E-state index is 0.0644. The largest absolute Gasteiger partial charge is 0.454 e. The van der Waals surface area contributed by atoms with Crippen LogP contribution in [0.25, 0.3) is 0 Å². The summed E-state index contributed by atoms with van der Waals surface area (Å²) < 4.78 is 10.6. The molecule has 0 spiro atoms. The summed E-state index contributed by atoms with van der Waals surface area (Å²) in [6.45, 7) is 5.55. The highest BCUT2D eigenvalue weighted by Gasteiger charge is 2.36. The van der Waals surface area contributed by atoms with E-state index < -0.39 is 12.0 Å². The number of nitrogens with zero attached hydrogens (tertiary/aromatic N) is 1. The number of anilines is 1. The van der Waals surface area contributed by atoms with Crippen molar-refractivity contribution in [3.8, 4) is 11.5 Å². The van der Waals surface area contributed by atoms with Crippen LogP contribution in [-0.4, -0.2) is 54.9 Å². The van der Waals surface area contributed by atoms with Crippen LogP contribution in [0.5, 0.6) is 11.5 Å². The maximum Gasteiger partial charge on any atom is 0.242 e. The number of fused-ring (bicyclic) bond motifs is 1. The van der Waals surface area contributed by atoms with Crippen molar-refractivity contribution >= 4 is 23.4 Å². The molecule has 3 atom stereocenters. The van der Waals surface area contributed by atoms with E-state index in [9.17, 15) is 19.5 Å². The molecular weight excluding hydrogens is 378 g/mol. The van der Waals surface area contributed by atoms with E-state index in [0.717, 1.165) is 0 Å². The van der Waals surface area contributed by atoms with Gasteiger partial charge in [-0.25, -0.2) is 0 Å². The number of amides is 3. The zero-order valence-corrected chi connectivity index (χ0v) is 16.8. The molecule has 9 nitrogen and oxygen atoms in total. The van der Waals surface area contributed by atoms with Crippen molar-refractivity contribution < 1.29 is 29.0 Å². The fourth-order valence-electron chi connectivity index (χ4n) is 3.31. The molecular formula is C20H27N3O6. The number of aliphatic hydroxyl groups is 1. The van der Waals surface area contributed by atoms with E-state index in [1.807, 2.05) is 13.8 Å². The van der Waals surface area contributed by atoms with E-state index >= 15 is 0 Å². The molecule has 3 N–H and O–H groups in total.